The van der Waals surface area contributed by atoms with Gasteiger partial charge in [-0.15, -0.1) is 0 Å². The molecule has 3 aromatic carbocycles. The van der Waals surface area contributed by atoms with Gasteiger partial charge >= 0.3 is 13.0 Å². The molecule has 0 radical (unpaired) electrons. The first kappa shape index (κ1) is 16.3. The van der Waals surface area contributed by atoms with Gasteiger partial charge in [0.15, 0.2) is 0 Å². The average molecular weight is 342 g/mol. The highest BCUT2D eigenvalue weighted by Gasteiger charge is 2.20. The molecular weight excluding hydrogens is 323 g/mol. The fourth-order valence-corrected chi connectivity index (χ4v) is 3.20. The van der Waals surface area contributed by atoms with Crippen LogP contribution in [-0.4, -0.2) is 19.6 Å². The largest absolute Gasteiger partial charge is 0.462 e. The molecule has 4 nitrogen and oxygen atoms in total. The molecule has 0 bridgehead atoms. The fraction of sp³-hybridized carbons (Fsp3) is 0.0952. The molecule has 0 unspecified atom stereocenters. The number of hydrogen-bond donors (Lipinski definition) is 2. The Bertz CT molecular complexity index is 942. The summed E-state index contributed by atoms with van der Waals surface area (Å²) in [6.45, 7) is 2.19. The van der Waals surface area contributed by atoms with Crippen LogP contribution >= 0.6 is 0 Å². The summed E-state index contributed by atoms with van der Waals surface area (Å²) in [4.78, 5) is 11.7. The third-order valence-electron chi connectivity index (χ3n) is 4.43. The van der Waals surface area contributed by atoms with Gasteiger partial charge in [0.25, 0.3) is 0 Å². The molecule has 2 N–H and O–H groups in total. The van der Waals surface area contributed by atoms with Gasteiger partial charge < -0.3 is 15.2 Å². The summed E-state index contributed by atoms with van der Waals surface area (Å²) in [5, 5.41) is 9.45. The minimum absolute atomic E-state index is 0.000216. The van der Waals surface area contributed by atoms with Gasteiger partial charge in [0.05, 0.1) is 12.2 Å². The van der Waals surface area contributed by atoms with Gasteiger partial charge in [-0.2, -0.15) is 0 Å². The van der Waals surface area contributed by atoms with E-state index in [1.165, 1.54) is 10.8 Å². The number of esters is 1. The van der Waals surface area contributed by atoms with Crippen molar-refractivity contribution in [1.82, 2.24) is 0 Å². The van der Waals surface area contributed by atoms with Gasteiger partial charge in [-0.1, -0.05) is 48.4 Å². The SMILES string of the molecule is CCOC(=O)c1ccc(/C=C/B2Nc3cccc4cccc(c34)N2)cc1. The number of benzene rings is 3. The van der Waals surface area contributed by atoms with E-state index in [2.05, 4.69) is 52.8 Å². The quantitative estimate of drug-likeness (QED) is 0.538. The van der Waals surface area contributed by atoms with Crippen molar-refractivity contribution < 1.29 is 9.53 Å². The Labute approximate surface area is 153 Å². The molecule has 0 atom stereocenters. The van der Waals surface area contributed by atoms with Crippen molar-refractivity contribution in [2.24, 2.45) is 0 Å². The highest BCUT2D eigenvalue weighted by atomic mass is 16.5. The molecule has 0 saturated carbocycles. The smallest absolute Gasteiger partial charge is 0.398 e. The number of rotatable bonds is 4. The maximum Gasteiger partial charge on any atom is 0.398 e. The maximum absolute atomic E-state index is 11.7. The van der Waals surface area contributed by atoms with Crippen LogP contribution in [0.4, 0.5) is 11.4 Å². The van der Waals surface area contributed by atoms with Crippen LogP contribution in [0.5, 0.6) is 0 Å². The van der Waals surface area contributed by atoms with Crippen LogP contribution in [0.15, 0.2) is 66.6 Å². The van der Waals surface area contributed by atoms with Crippen molar-refractivity contribution >= 4 is 41.2 Å². The molecule has 0 fully saturated rings. The van der Waals surface area contributed by atoms with Gasteiger partial charge in [-0.25, -0.2) is 4.79 Å². The highest BCUT2D eigenvalue weighted by Crippen LogP contribution is 2.34. The topological polar surface area (TPSA) is 50.4 Å². The van der Waals surface area contributed by atoms with E-state index in [0.29, 0.717) is 12.2 Å². The van der Waals surface area contributed by atoms with E-state index in [-0.39, 0.29) is 13.0 Å². The molecule has 5 heteroatoms. The Morgan fingerprint density at radius 2 is 1.65 bits per heavy atom. The summed E-state index contributed by atoms with van der Waals surface area (Å²) in [7, 11) is 0. The van der Waals surface area contributed by atoms with Crippen LogP contribution in [0.1, 0.15) is 22.8 Å². The van der Waals surface area contributed by atoms with Gasteiger partial charge in [0.2, 0.25) is 0 Å². The Balaban J connectivity index is 1.51. The Hall–Kier alpha value is -3.21. The Morgan fingerprint density at radius 1 is 1.00 bits per heavy atom. The Morgan fingerprint density at radius 3 is 2.27 bits per heavy atom. The van der Waals surface area contributed by atoms with Gasteiger partial charge in [-0.05, 0) is 42.1 Å². The van der Waals surface area contributed by atoms with Crippen molar-refractivity contribution in [3.8, 4) is 0 Å². The summed E-state index contributed by atoms with van der Waals surface area (Å²) < 4.78 is 5.01. The summed E-state index contributed by atoms with van der Waals surface area (Å²) in [6.07, 6.45) is 2.04. The molecule has 0 spiro atoms. The molecule has 0 aliphatic carbocycles. The lowest BCUT2D eigenvalue weighted by Gasteiger charge is -2.24. The maximum atomic E-state index is 11.7. The standard InChI is InChI=1S/C21H19BN2O2/c1-2-26-21(25)17-11-9-15(10-12-17)13-14-22-23-18-7-3-5-16-6-4-8-19(24-22)20(16)18/h3-14,23-24H,2H2,1H3/b14-13+. The molecule has 0 amide bonds. The van der Waals surface area contributed by atoms with Crippen molar-refractivity contribution in [3.63, 3.8) is 0 Å². The van der Waals surface area contributed by atoms with E-state index in [0.717, 1.165) is 16.9 Å². The first-order valence-corrected chi connectivity index (χ1v) is 8.75. The van der Waals surface area contributed by atoms with E-state index in [9.17, 15) is 4.79 Å². The van der Waals surface area contributed by atoms with Crippen LogP contribution in [-0.2, 0) is 4.74 Å². The molecule has 0 aromatic heterocycles. The van der Waals surface area contributed by atoms with Crippen LogP contribution in [0.2, 0.25) is 0 Å². The predicted molar refractivity (Wildman–Crippen MR) is 108 cm³/mol. The molecule has 1 aliphatic rings. The fourth-order valence-electron chi connectivity index (χ4n) is 3.20. The Kier molecular flexibility index (Phi) is 4.36. The number of nitrogens with one attached hydrogen (secondary N) is 2. The van der Waals surface area contributed by atoms with Crippen LogP contribution in [0.25, 0.3) is 16.8 Å². The normalized spacial score (nSPS) is 12.7. The monoisotopic (exact) mass is 342 g/mol. The predicted octanol–water partition coefficient (Wildman–Crippen LogP) is 4.59. The van der Waals surface area contributed by atoms with E-state index in [1.54, 1.807) is 19.1 Å². The van der Waals surface area contributed by atoms with Crippen molar-refractivity contribution in [2.75, 3.05) is 17.1 Å². The lowest BCUT2D eigenvalue weighted by molar-refractivity contribution is 0.0526. The van der Waals surface area contributed by atoms with Crippen LogP contribution in [0, 0.1) is 0 Å². The van der Waals surface area contributed by atoms with Gasteiger partial charge in [0.1, 0.15) is 0 Å². The summed E-state index contributed by atoms with van der Waals surface area (Å²) >= 11 is 0. The number of hydrogen-bond acceptors (Lipinski definition) is 4. The zero-order chi connectivity index (χ0) is 17.9. The lowest BCUT2D eigenvalue weighted by Crippen LogP contribution is -2.35. The second kappa shape index (κ2) is 6.96. The van der Waals surface area contributed by atoms with Gasteiger partial charge in [-0.3, -0.25) is 0 Å². The van der Waals surface area contributed by atoms with Crippen molar-refractivity contribution in [3.05, 3.63) is 77.8 Å². The van der Waals surface area contributed by atoms with E-state index in [4.69, 9.17) is 4.74 Å². The van der Waals surface area contributed by atoms with Crippen molar-refractivity contribution in [1.29, 1.82) is 0 Å². The molecule has 4 rings (SSSR count). The zero-order valence-electron chi connectivity index (χ0n) is 14.5. The lowest BCUT2D eigenvalue weighted by atomic mass is 9.73. The molecule has 128 valence electrons. The molecule has 1 heterocycles. The third kappa shape index (κ3) is 3.16. The van der Waals surface area contributed by atoms with Crippen LogP contribution in [0.3, 0.4) is 0 Å². The van der Waals surface area contributed by atoms with E-state index in [1.807, 2.05) is 18.2 Å². The molecule has 0 saturated heterocycles. The third-order valence-corrected chi connectivity index (χ3v) is 4.43. The average Bonchev–Trinajstić information content (AvgIpc) is 2.67. The van der Waals surface area contributed by atoms with E-state index >= 15 is 0 Å². The number of carbonyl (C=O) groups is 1. The molecule has 1 aliphatic heterocycles. The minimum atomic E-state index is -0.289. The summed E-state index contributed by atoms with van der Waals surface area (Å²) in [6, 6.07) is 20.0. The first-order valence-electron chi connectivity index (χ1n) is 8.75. The number of carbonyl (C=O) groups excluding carboxylic acids is 1. The van der Waals surface area contributed by atoms with Crippen LogP contribution < -0.4 is 10.5 Å². The molecule has 26 heavy (non-hydrogen) atoms. The highest BCUT2D eigenvalue weighted by molar-refractivity contribution is 6.73. The summed E-state index contributed by atoms with van der Waals surface area (Å²) in [5.41, 5.74) is 3.85. The molecule has 3 aromatic rings. The summed E-state index contributed by atoms with van der Waals surface area (Å²) in [5.74, 6) is 1.79. The van der Waals surface area contributed by atoms with Crippen molar-refractivity contribution in [2.45, 2.75) is 6.92 Å². The molecular formula is C21H19BN2O2. The minimum Gasteiger partial charge on any atom is -0.462 e. The van der Waals surface area contributed by atoms with Gasteiger partial charge in [0, 0.05) is 16.8 Å². The zero-order valence-corrected chi connectivity index (χ0v) is 14.5. The second-order valence-electron chi connectivity index (χ2n) is 6.18. The first-order chi connectivity index (χ1) is 12.7. The van der Waals surface area contributed by atoms with E-state index < -0.39 is 0 Å². The number of ether oxygens (including phenoxy) is 1. The second-order valence-corrected chi connectivity index (χ2v) is 6.18. The number of anilines is 2.